The number of anilines is 2. The first-order chi connectivity index (χ1) is 16.3. The van der Waals surface area contributed by atoms with Crippen LogP contribution in [-0.2, 0) is 15.7 Å². The first-order valence-corrected chi connectivity index (χ1v) is 11.1. The molecular weight excluding hydrogens is 455 g/mol. The molecule has 2 fully saturated rings. The normalized spacial score (nSPS) is 19.0. The number of hydrogen-bond donors (Lipinski definition) is 1. The summed E-state index contributed by atoms with van der Waals surface area (Å²) in [5, 5.41) is 5.41. The van der Waals surface area contributed by atoms with Crippen LogP contribution in [0.25, 0.3) is 0 Å². The molecule has 10 nitrogen and oxygen atoms in total. The van der Waals surface area contributed by atoms with E-state index in [0.29, 0.717) is 51.5 Å². The fourth-order valence-electron chi connectivity index (χ4n) is 4.35. The second-order valence-corrected chi connectivity index (χ2v) is 8.19. The molecule has 2 aliphatic heterocycles. The van der Waals surface area contributed by atoms with Gasteiger partial charge in [-0.1, -0.05) is 0 Å². The molecular formula is C21H26F3N7O3. The molecule has 1 unspecified atom stereocenters. The van der Waals surface area contributed by atoms with Gasteiger partial charge in [0.25, 0.3) is 5.56 Å². The Hall–Kier alpha value is -3.22. The van der Waals surface area contributed by atoms with E-state index in [1.54, 1.807) is 23.4 Å². The number of carbonyl (C=O) groups excluding carboxylic acids is 1. The minimum Gasteiger partial charge on any atom is -0.379 e. The highest BCUT2D eigenvalue weighted by Crippen LogP contribution is 2.36. The third-order valence-electron chi connectivity index (χ3n) is 6.04. The van der Waals surface area contributed by atoms with Crippen molar-refractivity contribution in [2.75, 3.05) is 55.7 Å². The predicted molar refractivity (Wildman–Crippen MR) is 116 cm³/mol. The molecule has 0 bridgehead atoms. The molecule has 2 aromatic heterocycles. The summed E-state index contributed by atoms with van der Waals surface area (Å²) in [6, 6.07) is 1.42. The Kier molecular flexibility index (Phi) is 7.29. The molecule has 0 aliphatic carbocycles. The Morgan fingerprint density at radius 2 is 1.88 bits per heavy atom. The minimum absolute atomic E-state index is 0.0324. The van der Waals surface area contributed by atoms with Crippen molar-refractivity contribution in [3.8, 4) is 0 Å². The second-order valence-electron chi connectivity index (χ2n) is 8.19. The molecule has 2 aliphatic rings. The summed E-state index contributed by atoms with van der Waals surface area (Å²) >= 11 is 0. The van der Waals surface area contributed by atoms with E-state index in [4.69, 9.17) is 4.74 Å². The van der Waals surface area contributed by atoms with Gasteiger partial charge in [-0.15, -0.1) is 0 Å². The van der Waals surface area contributed by atoms with E-state index in [1.165, 1.54) is 4.90 Å². The largest absolute Gasteiger partial charge is 0.423 e. The highest BCUT2D eigenvalue weighted by molar-refractivity contribution is 5.76. The van der Waals surface area contributed by atoms with E-state index in [0.717, 1.165) is 6.20 Å². The summed E-state index contributed by atoms with van der Waals surface area (Å²) in [6.45, 7) is 3.10. The second kappa shape index (κ2) is 10.4. The Labute approximate surface area is 193 Å². The van der Waals surface area contributed by atoms with Gasteiger partial charge in [-0.2, -0.15) is 18.3 Å². The summed E-state index contributed by atoms with van der Waals surface area (Å²) in [6.07, 6.45) is 1.09. The predicted octanol–water partition coefficient (Wildman–Crippen LogP) is 1.30. The molecule has 0 aromatic carbocycles. The summed E-state index contributed by atoms with van der Waals surface area (Å²) in [4.78, 5) is 38.1. The van der Waals surface area contributed by atoms with Crippen molar-refractivity contribution in [3.05, 3.63) is 40.6 Å². The smallest absolute Gasteiger partial charge is 0.379 e. The van der Waals surface area contributed by atoms with Crippen molar-refractivity contribution in [2.45, 2.75) is 31.5 Å². The molecule has 2 aromatic rings. The van der Waals surface area contributed by atoms with Crippen molar-refractivity contribution in [3.63, 3.8) is 0 Å². The molecule has 4 rings (SSSR count). The van der Waals surface area contributed by atoms with Crippen LogP contribution in [0.4, 0.5) is 24.8 Å². The molecule has 184 valence electrons. The van der Waals surface area contributed by atoms with Gasteiger partial charge >= 0.3 is 6.18 Å². The van der Waals surface area contributed by atoms with Gasteiger partial charge in [0.1, 0.15) is 5.56 Å². The van der Waals surface area contributed by atoms with Crippen LogP contribution >= 0.6 is 0 Å². The van der Waals surface area contributed by atoms with Crippen LogP contribution in [0.3, 0.4) is 0 Å². The SMILES string of the molecule is O=C(CCOCC1CCCN1c1cn[nH]c(=O)c1C(F)(F)F)N1CCN(c2ncccn2)CC1. The van der Waals surface area contributed by atoms with Gasteiger partial charge in [0.05, 0.1) is 37.6 Å². The van der Waals surface area contributed by atoms with Crippen LogP contribution in [0, 0.1) is 0 Å². The number of nitrogens with zero attached hydrogens (tertiary/aromatic N) is 6. The lowest BCUT2D eigenvalue weighted by Gasteiger charge is -2.34. The number of rotatable bonds is 7. The number of aromatic nitrogens is 4. The maximum Gasteiger partial charge on any atom is 0.423 e. The van der Waals surface area contributed by atoms with Crippen molar-refractivity contribution >= 4 is 17.5 Å². The molecule has 2 saturated heterocycles. The molecule has 0 spiro atoms. The lowest BCUT2D eigenvalue weighted by Crippen LogP contribution is -2.49. The van der Waals surface area contributed by atoms with Gasteiger partial charge < -0.3 is 19.4 Å². The number of H-pyrrole nitrogens is 1. The van der Waals surface area contributed by atoms with Gasteiger partial charge in [0.15, 0.2) is 0 Å². The van der Waals surface area contributed by atoms with Gasteiger partial charge in [0, 0.05) is 45.1 Å². The number of nitrogens with one attached hydrogen (secondary N) is 1. The van der Waals surface area contributed by atoms with Crippen LogP contribution in [0.1, 0.15) is 24.8 Å². The van der Waals surface area contributed by atoms with Crippen LogP contribution < -0.4 is 15.4 Å². The van der Waals surface area contributed by atoms with Gasteiger partial charge in [-0.25, -0.2) is 15.1 Å². The zero-order valence-corrected chi connectivity index (χ0v) is 18.5. The third kappa shape index (κ3) is 5.46. The first kappa shape index (κ1) is 23.9. The maximum absolute atomic E-state index is 13.4. The molecule has 0 radical (unpaired) electrons. The Morgan fingerprint density at radius 3 is 2.59 bits per heavy atom. The highest BCUT2D eigenvalue weighted by Gasteiger charge is 2.40. The monoisotopic (exact) mass is 481 g/mol. The number of hydrogen-bond acceptors (Lipinski definition) is 8. The van der Waals surface area contributed by atoms with E-state index in [9.17, 15) is 22.8 Å². The Morgan fingerprint density at radius 1 is 1.15 bits per heavy atom. The fraction of sp³-hybridized carbons (Fsp3) is 0.571. The highest BCUT2D eigenvalue weighted by atomic mass is 19.4. The maximum atomic E-state index is 13.4. The number of aromatic amines is 1. The van der Waals surface area contributed by atoms with Crippen molar-refractivity contribution in [1.82, 2.24) is 25.1 Å². The molecule has 13 heteroatoms. The van der Waals surface area contributed by atoms with Crippen LogP contribution in [0.15, 0.2) is 29.5 Å². The summed E-state index contributed by atoms with van der Waals surface area (Å²) < 4.78 is 45.9. The van der Waals surface area contributed by atoms with Crippen molar-refractivity contribution < 1.29 is 22.7 Å². The summed E-state index contributed by atoms with van der Waals surface area (Å²) in [7, 11) is 0. The Bertz CT molecular complexity index is 1030. The van der Waals surface area contributed by atoms with Gasteiger partial charge in [-0.05, 0) is 18.9 Å². The average molecular weight is 481 g/mol. The van der Waals surface area contributed by atoms with E-state index < -0.39 is 17.3 Å². The average Bonchev–Trinajstić information content (AvgIpc) is 3.30. The quantitative estimate of drug-likeness (QED) is 0.590. The van der Waals surface area contributed by atoms with Crippen molar-refractivity contribution in [2.24, 2.45) is 0 Å². The number of piperazine rings is 1. The minimum atomic E-state index is -4.79. The lowest BCUT2D eigenvalue weighted by atomic mass is 10.2. The van der Waals surface area contributed by atoms with Crippen LogP contribution in [0.2, 0.25) is 0 Å². The Balaban J connectivity index is 1.25. The zero-order chi connectivity index (χ0) is 24.1. The number of halogens is 3. The van der Waals surface area contributed by atoms with Gasteiger partial charge in [0.2, 0.25) is 11.9 Å². The molecule has 1 atom stereocenters. The topological polar surface area (TPSA) is 108 Å². The van der Waals surface area contributed by atoms with Crippen LogP contribution in [0.5, 0.6) is 0 Å². The first-order valence-electron chi connectivity index (χ1n) is 11.1. The number of carbonyl (C=O) groups is 1. The third-order valence-corrected chi connectivity index (χ3v) is 6.04. The molecule has 0 saturated carbocycles. The number of ether oxygens (including phenoxy) is 1. The van der Waals surface area contributed by atoms with E-state index in [1.807, 2.05) is 10.00 Å². The molecule has 4 heterocycles. The van der Waals surface area contributed by atoms with E-state index in [-0.39, 0.29) is 37.3 Å². The standard InChI is InChI=1S/C21H26F3N7O3/c22-21(23,24)18-16(13-27-28-19(18)33)31-7-1-3-15(31)14-34-12-4-17(32)29-8-10-30(11-9-29)20-25-5-2-6-26-20/h2,5-6,13,15H,1,3-4,7-12,14H2,(H,28,33). The summed E-state index contributed by atoms with van der Waals surface area (Å²) in [5.74, 6) is 0.610. The van der Waals surface area contributed by atoms with E-state index >= 15 is 0 Å². The van der Waals surface area contributed by atoms with Gasteiger partial charge in [-0.3, -0.25) is 9.59 Å². The fourth-order valence-corrected chi connectivity index (χ4v) is 4.35. The molecule has 1 amide bonds. The van der Waals surface area contributed by atoms with Crippen molar-refractivity contribution in [1.29, 1.82) is 0 Å². The zero-order valence-electron chi connectivity index (χ0n) is 18.5. The van der Waals surface area contributed by atoms with Crippen LogP contribution in [-0.4, -0.2) is 83.0 Å². The number of amides is 1. The molecule has 1 N–H and O–H groups in total. The molecule has 34 heavy (non-hydrogen) atoms. The van der Waals surface area contributed by atoms with E-state index in [2.05, 4.69) is 15.1 Å². The summed E-state index contributed by atoms with van der Waals surface area (Å²) in [5.41, 5.74) is -2.75. The number of alkyl halides is 3. The lowest BCUT2D eigenvalue weighted by molar-refractivity contribution is -0.138.